The summed E-state index contributed by atoms with van der Waals surface area (Å²) in [5.74, 6) is -0.0415. The van der Waals surface area contributed by atoms with Crippen LogP contribution in [0.5, 0.6) is 0 Å². The van der Waals surface area contributed by atoms with Gasteiger partial charge in [0, 0.05) is 22.2 Å². The second kappa shape index (κ2) is 6.75. The number of nitrogens with zero attached hydrogens (tertiary/aromatic N) is 1. The predicted molar refractivity (Wildman–Crippen MR) is 94.6 cm³/mol. The van der Waals surface area contributed by atoms with Crippen LogP contribution in [0.4, 0.5) is 0 Å². The molecule has 1 amide bonds. The van der Waals surface area contributed by atoms with Crippen LogP contribution in [0.1, 0.15) is 26.4 Å². The summed E-state index contributed by atoms with van der Waals surface area (Å²) in [6, 6.07) is 13.8. The Labute approximate surface area is 140 Å². The van der Waals surface area contributed by atoms with E-state index in [0.29, 0.717) is 12.1 Å². The Morgan fingerprint density at radius 1 is 1.13 bits per heavy atom. The standard InChI is InChI=1S/C19H18N2OS/c1-13-5-3-9-20-18(13)15-7-8-17(14(2)11-15)19(22)21-12-16-6-4-10-23-16/h3-11H,12H2,1-2H3,(H,21,22). The quantitative estimate of drug-likeness (QED) is 0.775. The lowest BCUT2D eigenvalue weighted by Crippen LogP contribution is -2.23. The van der Waals surface area contributed by atoms with Crippen LogP contribution in [-0.2, 0) is 6.54 Å². The summed E-state index contributed by atoms with van der Waals surface area (Å²) in [7, 11) is 0. The van der Waals surface area contributed by atoms with Gasteiger partial charge < -0.3 is 5.32 Å². The van der Waals surface area contributed by atoms with Crippen LogP contribution in [0.25, 0.3) is 11.3 Å². The molecule has 0 atom stereocenters. The molecule has 116 valence electrons. The molecule has 2 heterocycles. The fourth-order valence-corrected chi connectivity index (χ4v) is 3.17. The minimum absolute atomic E-state index is 0.0415. The van der Waals surface area contributed by atoms with E-state index < -0.39 is 0 Å². The van der Waals surface area contributed by atoms with Crippen LogP contribution in [0.3, 0.4) is 0 Å². The van der Waals surface area contributed by atoms with Crippen molar-refractivity contribution < 1.29 is 4.79 Å². The summed E-state index contributed by atoms with van der Waals surface area (Å²) in [4.78, 5) is 17.9. The molecule has 0 fully saturated rings. The lowest BCUT2D eigenvalue weighted by molar-refractivity contribution is 0.0950. The zero-order chi connectivity index (χ0) is 16.2. The van der Waals surface area contributed by atoms with Gasteiger partial charge in [0.05, 0.1) is 12.2 Å². The Morgan fingerprint density at radius 3 is 2.70 bits per heavy atom. The Hall–Kier alpha value is -2.46. The Bertz CT molecular complexity index is 825. The number of thiophene rings is 1. The minimum Gasteiger partial charge on any atom is -0.347 e. The van der Waals surface area contributed by atoms with E-state index in [4.69, 9.17) is 0 Å². The lowest BCUT2D eigenvalue weighted by atomic mass is 10.0. The third-order valence-corrected chi connectivity index (χ3v) is 4.63. The highest BCUT2D eigenvalue weighted by Gasteiger charge is 2.11. The van der Waals surface area contributed by atoms with Crippen molar-refractivity contribution in [2.24, 2.45) is 0 Å². The Balaban J connectivity index is 1.79. The number of carbonyl (C=O) groups is 1. The van der Waals surface area contributed by atoms with E-state index in [0.717, 1.165) is 27.3 Å². The summed E-state index contributed by atoms with van der Waals surface area (Å²) in [5.41, 5.74) is 4.79. The summed E-state index contributed by atoms with van der Waals surface area (Å²) in [6.45, 7) is 4.57. The van der Waals surface area contributed by atoms with E-state index in [1.165, 1.54) is 0 Å². The maximum Gasteiger partial charge on any atom is 0.251 e. The number of nitrogens with one attached hydrogen (secondary N) is 1. The minimum atomic E-state index is -0.0415. The molecule has 4 heteroatoms. The molecule has 0 spiro atoms. The topological polar surface area (TPSA) is 42.0 Å². The number of aryl methyl sites for hydroxylation is 2. The molecule has 0 saturated carbocycles. The molecule has 3 rings (SSSR count). The molecule has 1 aromatic carbocycles. The van der Waals surface area contributed by atoms with E-state index in [9.17, 15) is 4.79 Å². The van der Waals surface area contributed by atoms with Crippen LogP contribution in [0, 0.1) is 13.8 Å². The number of benzene rings is 1. The average molecular weight is 322 g/mol. The third-order valence-electron chi connectivity index (χ3n) is 3.76. The number of amides is 1. The van der Waals surface area contributed by atoms with E-state index in [1.54, 1.807) is 17.5 Å². The molecule has 0 radical (unpaired) electrons. The molecule has 0 bridgehead atoms. The van der Waals surface area contributed by atoms with Gasteiger partial charge in [-0.05, 0) is 54.6 Å². The maximum absolute atomic E-state index is 12.4. The first kappa shape index (κ1) is 15.4. The first-order valence-electron chi connectivity index (χ1n) is 7.48. The zero-order valence-corrected chi connectivity index (χ0v) is 14.0. The first-order chi connectivity index (χ1) is 11.1. The molecular weight excluding hydrogens is 304 g/mol. The second-order valence-electron chi connectivity index (χ2n) is 5.46. The van der Waals surface area contributed by atoms with Crippen LogP contribution in [-0.4, -0.2) is 10.9 Å². The van der Waals surface area contributed by atoms with E-state index >= 15 is 0 Å². The number of aromatic nitrogens is 1. The molecule has 0 saturated heterocycles. The highest BCUT2D eigenvalue weighted by atomic mass is 32.1. The van der Waals surface area contributed by atoms with Gasteiger partial charge in [0.15, 0.2) is 0 Å². The van der Waals surface area contributed by atoms with Gasteiger partial charge in [0.1, 0.15) is 0 Å². The van der Waals surface area contributed by atoms with Crippen molar-refractivity contribution in [1.29, 1.82) is 0 Å². The summed E-state index contributed by atoms with van der Waals surface area (Å²) in [5, 5.41) is 4.98. The monoisotopic (exact) mass is 322 g/mol. The SMILES string of the molecule is Cc1cc(-c2ncccc2C)ccc1C(=O)NCc1cccs1. The van der Waals surface area contributed by atoms with Gasteiger partial charge in [-0.3, -0.25) is 9.78 Å². The van der Waals surface area contributed by atoms with Crippen LogP contribution >= 0.6 is 11.3 Å². The van der Waals surface area contributed by atoms with Gasteiger partial charge >= 0.3 is 0 Å². The normalized spacial score (nSPS) is 10.5. The largest absolute Gasteiger partial charge is 0.347 e. The van der Waals surface area contributed by atoms with Crippen molar-refractivity contribution in [1.82, 2.24) is 10.3 Å². The van der Waals surface area contributed by atoms with E-state index in [1.807, 2.05) is 61.7 Å². The van der Waals surface area contributed by atoms with E-state index in [-0.39, 0.29) is 5.91 Å². The second-order valence-corrected chi connectivity index (χ2v) is 6.49. The highest BCUT2D eigenvalue weighted by Crippen LogP contribution is 2.23. The molecule has 0 aliphatic carbocycles. The maximum atomic E-state index is 12.4. The summed E-state index contributed by atoms with van der Waals surface area (Å²) < 4.78 is 0. The van der Waals surface area contributed by atoms with Gasteiger partial charge in [-0.15, -0.1) is 11.3 Å². The molecule has 2 aromatic heterocycles. The van der Waals surface area contributed by atoms with Crippen LogP contribution < -0.4 is 5.32 Å². The highest BCUT2D eigenvalue weighted by molar-refractivity contribution is 7.09. The predicted octanol–water partition coefficient (Wildman–Crippen LogP) is 4.36. The van der Waals surface area contributed by atoms with E-state index in [2.05, 4.69) is 10.3 Å². The first-order valence-corrected chi connectivity index (χ1v) is 8.36. The Morgan fingerprint density at radius 2 is 2.00 bits per heavy atom. The lowest BCUT2D eigenvalue weighted by Gasteiger charge is -2.10. The number of carbonyl (C=O) groups excluding carboxylic acids is 1. The summed E-state index contributed by atoms with van der Waals surface area (Å²) in [6.07, 6.45) is 1.79. The molecule has 3 nitrogen and oxygen atoms in total. The van der Waals surface area contributed by atoms with Gasteiger partial charge in [-0.1, -0.05) is 18.2 Å². The molecule has 0 unspecified atom stereocenters. The van der Waals surface area contributed by atoms with Crippen molar-refractivity contribution in [3.8, 4) is 11.3 Å². The third kappa shape index (κ3) is 3.48. The van der Waals surface area contributed by atoms with Crippen LogP contribution in [0.2, 0.25) is 0 Å². The van der Waals surface area contributed by atoms with Crippen molar-refractivity contribution >= 4 is 17.2 Å². The fourth-order valence-electron chi connectivity index (χ4n) is 2.53. The molecule has 3 aromatic rings. The molecule has 0 aliphatic heterocycles. The van der Waals surface area contributed by atoms with Gasteiger partial charge in [-0.25, -0.2) is 0 Å². The number of pyridine rings is 1. The van der Waals surface area contributed by atoms with Crippen LogP contribution in [0.15, 0.2) is 54.0 Å². The number of hydrogen-bond donors (Lipinski definition) is 1. The smallest absolute Gasteiger partial charge is 0.251 e. The number of rotatable bonds is 4. The molecule has 0 aliphatic rings. The van der Waals surface area contributed by atoms with Crippen molar-refractivity contribution in [3.05, 3.63) is 75.6 Å². The molecular formula is C19H18N2OS. The summed E-state index contributed by atoms with van der Waals surface area (Å²) >= 11 is 1.64. The zero-order valence-electron chi connectivity index (χ0n) is 13.2. The Kier molecular flexibility index (Phi) is 4.53. The van der Waals surface area contributed by atoms with Crippen molar-refractivity contribution in [3.63, 3.8) is 0 Å². The van der Waals surface area contributed by atoms with Crippen molar-refractivity contribution in [2.75, 3.05) is 0 Å². The molecule has 1 N–H and O–H groups in total. The molecule has 23 heavy (non-hydrogen) atoms. The average Bonchev–Trinajstić information content (AvgIpc) is 3.06. The van der Waals surface area contributed by atoms with Gasteiger partial charge in [0.25, 0.3) is 5.91 Å². The van der Waals surface area contributed by atoms with Crippen molar-refractivity contribution in [2.45, 2.75) is 20.4 Å². The number of hydrogen-bond acceptors (Lipinski definition) is 3. The van der Waals surface area contributed by atoms with Gasteiger partial charge in [-0.2, -0.15) is 0 Å². The fraction of sp³-hybridized carbons (Fsp3) is 0.158. The van der Waals surface area contributed by atoms with Gasteiger partial charge in [0.2, 0.25) is 0 Å².